The average Bonchev–Trinajstić information content (AvgIpc) is 2.37. The average molecular weight is 304 g/mol. The summed E-state index contributed by atoms with van der Waals surface area (Å²) in [5.41, 5.74) is 7.45. The summed E-state index contributed by atoms with van der Waals surface area (Å²) in [6.45, 7) is 6.13. The standard InChI is InChI=1S/C16H20N2O2S/c1-16(2,3)14-9-4-5-10-15(14)18-21(19,20)13-8-6-7-12(17)11-13/h4-11,18H,17H2,1-3H3. The van der Waals surface area contributed by atoms with Gasteiger partial charge in [-0.05, 0) is 35.2 Å². The van der Waals surface area contributed by atoms with E-state index in [9.17, 15) is 8.42 Å². The van der Waals surface area contributed by atoms with Gasteiger partial charge < -0.3 is 5.73 Å². The second-order valence-electron chi connectivity index (χ2n) is 5.97. The minimum atomic E-state index is -3.65. The third-order valence-corrected chi connectivity index (χ3v) is 4.51. The van der Waals surface area contributed by atoms with E-state index in [0.717, 1.165) is 5.56 Å². The van der Waals surface area contributed by atoms with Crippen LogP contribution in [0.4, 0.5) is 11.4 Å². The van der Waals surface area contributed by atoms with Gasteiger partial charge in [-0.25, -0.2) is 8.42 Å². The molecule has 2 aromatic rings. The molecule has 0 saturated heterocycles. The van der Waals surface area contributed by atoms with E-state index < -0.39 is 10.0 Å². The smallest absolute Gasteiger partial charge is 0.261 e. The summed E-state index contributed by atoms with van der Waals surface area (Å²) in [6, 6.07) is 13.7. The SMILES string of the molecule is CC(C)(C)c1ccccc1NS(=O)(=O)c1cccc(N)c1. The number of para-hydroxylation sites is 1. The molecule has 0 heterocycles. The molecule has 3 N–H and O–H groups in total. The monoisotopic (exact) mass is 304 g/mol. The van der Waals surface area contributed by atoms with E-state index in [2.05, 4.69) is 4.72 Å². The van der Waals surface area contributed by atoms with Crippen LogP contribution in [0.15, 0.2) is 53.4 Å². The summed E-state index contributed by atoms with van der Waals surface area (Å²) in [7, 11) is -3.65. The number of hydrogen-bond acceptors (Lipinski definition) is 3. The fourth-order valence-electron chi connectivity index (χ4n) is 2.11. The van der Waals surface area contributed by atoms with Gasteiger partial charge in [0.25, 0.3) is 10.0 Å². The van der Waals surface area contributed by atoms with E-state index in [-0.39, 0.29) is 10.3 Å². The van der Waals surface area contributed by atoms with E-state index in [1.54, 1.807) is 18.2 Å². The Hall–Kier alpha value is -2.01. The van der Waals surface area contributed by atoms with Gasteiger partial charge in [-0.1, -0.05) is 45.0 Å². The van der Waals surface area contributed by atoms with E-state index in [1.807, 2.05) is 39.0 Å². The van der Waals surface area contributed by atoms with Crippen LogP contribution in [0.3, 0.4) is 0 Å². The molecule has 0 fully saturated rings. The van der Waals surface area contributed by atoms with Crippen LogP contribution >= 0.6 is 0 Å². The highest BCUT2D eigenvalue weighted by Crippen LogP contribution is 2.30. The first-order valence-electron chi connectivity index (χ1n) is 6.68. The van der Waals surface area contributed by atoms with Gasteiger partial charge >= 0.3 is 0 Å². The van der Waals surface area contributed by atoms with Crippen LogP contribution in [-0.2, 0) is 15.4 Å². The third kappa shape index (κ3) is 3.55. The number of benzene rings is 2. The van der Waals surface area contributed by atoms with Crippen LogP contribution in [0.2, 0.25) is 0 Å². The highest BCUT2D eigenvalue weighted by Gasteiger charge is 2.21. The fraction of sp³-hybridized carbons (Fsp3) is 0.250. The zero-order valence-corrected chi connectivity index (χ0v) is 13.2. The molecule has 21 heavy (non-hydrogen) atoms. The highest BCUT2D eigenvalue weighted by atomic mass is 32.2. The molecule has 0 radical (unpaired) electrons. The molecule has 2 aromatic carbocycles. The van der Waals surface area contributed by atoms with Crippen molar-refractivity contribution < 1.29 is 8.42 Å². The lowest BCUT2D eigenvalue weighted by atomic mass is 9.86. The van der Waals surface area contributed by atoms with Gasteiger partial charge in [0.15, 0.2) is 0 Å². The van der Waals surface area contributed by atoms with Crippen LogP contribution in [0.25, 0.3) is 0 Å². The second-order valence-corrected chi connectivity index (χ2v) is 7.66. The second kappa shape index (κ2) is 5.41. The molecule has 0 aromatic heterocycles. The molecule has 0 aliphatic heterocycles. The number of nitrogens with one attached hydrogen (secondary N) is 1. The number of rotatable bonds is 3. The highest BCUT2D eigenvalue weighted by molar-refractivity contribution is 7.92. The predicted molar refractivity (Wildman–Crippen MR) is 86.8 cm³/mol. The third-order valence-electron chi connectivity index (χ3n) is 3.15. The van der Waals surface area contributed by atoms with Gasteiger partial charge in [-0.15, -0.1) is 0 Å². The minimum absolute atomic E-state index is 0.158. The number of sulfonamides is 1. The molecular formula is C16H20N2O2S. The molecular weight excluding hydrogens is 284 g/mol. The van der Waals surface area contributed by atoms with E-state index in [1.165, 1.54) is 12.1 Å². The Bertz CT molecular complexity index is 747. The van der Waals surface area contributed by atoms with Gasteiger partial charge in [-0.3, -0.25) is 4.72 Å². The van der Waals surface area contributed by atoms with Crippen LogP contribution in [0.1, 0.15) is 26.3 Å². The summed E-state index contributed by atoms with van der Waals surface area (Å²) >= 11 is 0. The zero-order chi connectivity index (χ0) is 15.7. The van der Waals surface area contributed by atoms with Crippen molar-refractivity contribution >= 4 is 21.4 Å². The van der Waals surface area contributed by atoms with Crippen molar-refractivity contribution in [1.29, 1.82) is 0 Å². The van der Waals surface area contributed by atoms with Gasteiger partial charge in [0, 0.05) is 5.69 Å². The Morgan fingerprint density at radius 2 is 1.67 bits per heavy atom. The van der Waals surface area contributed by atoms with Crippen molar-refractivity contribution in [2.45, 2.75) is 31.1 Å². The van der Waals surface area contributed by atoms with Gasteiger partial charge in [0.1, 0.15) is 0 Å². The molecule has 2 rings (SSSR count). The maximum atomic E-state index is 12.5. The molecule has 0 saturated carbocycles. The number of nitrogen functional groups attached to an aromatic ring is 1. The zero-order valence-electron chi connectivity index (χ0n) is 12.4. The molecule has 0 atom stereocenters. The maximum Gasteiger partial charge on any atom is 0.261 e. The predicted octanol–water partition coefficient (Wildman–Crippen LogP) is 3.37. The lowest BCUT2D eigenvalue weighted by molar-refractivity contribution is 0.590. The van der Waals surface area contributed by atoms with E-state index in [4.69, 9.17) is 5.73 Å². The fourth-order valence-corrected chi connectivity index (χ4v) is 3.25. The van der Waals surface area contributed by atoms with Crippen molar-refractivity contribution in [3.63, 3.8) is 0 Å². The molecule has 4 nitrogen and oxygen atoms in total. The first-order chi connectivity index (χ1) is 9.70. The van der Waals surface area contributed by atoms with Gasteiger partial charge in [0.2, 0.25) is 0 Å². The quantitative estimate of drug-likeness (QED) is 0.854. The molecule has 112 valence electrons. The normalized spacial score (nSPS) is 12.1. The topological polar surface area (TPSA) is 72.2 Å². The summed E-state index contributed by atoms with van der Waals surface area (Å²) in [4.78, 5) is 0.159. The van der Waals surface area contributed by atoms with Crippen LogP contribution < -0.4 is 10.5 Å². The van der Waals surface area contributed by atoms with Crippen LogP contribution in [0.5, 0.6) is 0 Å². The van der Waals surface area contributed by atoms with E-state index >= 15 is 0 Å². The van der Waals surface area contributed by atoms with Crippen LogP contribution in [-0.4, -0.2) is 8.42 Å². The van der Waals surface area contributed by atoms with Crippen molar-refractivity contribution in [3.05, 3.63) is 54.1 Å². The lowest BCUT2D eigenvalue weighted by Gasteiger charge is -2.23. The Morgan fingerprint density at radius 1 is 1.00 bits per heavy atom. The van der Waals surface area contributed by atoms with Crippen LogP contribution in [0, 0.1) is 0 Å². The summed E-state index contributed by atoms with van der Waals surface area (Å²) in [6.07, 6.45) is 0. The molecule has 0 aliphatic rings. The molecule has 5 heteroatoms. The number of anilines is 2. The molecule has 0 spiro atoms. The van der Waals surface area contributed by atoms with Crippen molar-refractivity contribution in [1.82, 2.24) is 0 Å². The largest absolute Gasteiger partial charge is 0.399 e. The molecule has 0 amide bonds. The Kier molecular flexibility index (Phi) is 3.96. The lowest BCUT2D eigenvalue weighted by Crippen LogP contribution is -2.19. The minimum Gasteiger partial charge on any atom is -0.399 e. The molecule has 0 aliphatic carbocycles. The summed E-state index contributed by atoms with van der Waals surface area (Å²) in [5, 5.41) is 0. The van der Waals surface area contributed by atoms with Gasteiger partial charge in [-0.2, -0.15) is 0 Å². The Morgan fingerprint density at radius 3 is 2.29 bits per heavy atom. The van der Waals surface area contributed by atoms with Crippen molar-refractivity contribution in [2.75, 3.05) is 10.5 Å². The van der Waals surface area contributed by atoms with E-state index in [0.29, 0.717) is 11.4 Å². The summed E-state index contributed by atoms with van der Waals surface area (Å²) in [5.74, 6) is 0. The first-order valence-corrected chi connectivity index (χ1v) is 8.16. The number of nitrogens with two attached hydrogens (primary N) is 1. The molecule has 0 bridgehead atoms. The number of hydrogen-bond donors (Lipinski definition) is 2. The van der Waals surface area contributed by atoms with Crippen molar-refractivity contribution in [2.24, 2.45) is 0 Å². The van der Waals surface area contributed by atoms with Crippen molar-refractivity contribution in [3.8, 4) is 0 Å². The first kappa shape index (κ1) is 15.4. The maximum absolute atomic E-state index is 12.5. The Balaban J connectivity index is 2.43. The Labute approximate surface area is 126 Å². The molecule has 0 unspecified atom stereocenters. The summed E-state index contributed by atoms with van der Waals surface area (Å²) < 4.78 is 27.6. The van der Waals surface area contributed by atoms with Gasteiger partial charge in [0.05, 0.1) is 10.6 Å².